The average Bonchev–Trinajstić information content (AvgIpc) is 2.97. The highest BCUT2D eigenvalue weighted by molar-refractivity contribution is 5.88. The number of amides is 1. The molecule has 4 nitrogen and oxygen atoms in total. The van der Waals surface area contributed by atoms with Crippen LogP contribution in [0.2, 0.25) is 0 Å². The van der Waals surface area contributed by atoms with Crippen LogP contribution in [0, 0.1) is 0 Å². The maximum absolute atomic E-state index is 12.3. The molecule has 3 rings (SSSR count). The van der Waals surface area contributed by atoms with Crippen molar-refractivity contribution in [1.82, 2.24) is 4.90 Å². The molecule has 1 aliphatic carbocycles. The minimum absolute atomic E-state index is 0.0182. The molecule has 112 valence electrons. The molecular formula is C17H21NO3. The number of nitrogens with zero attached hydrogens (tertiary/aromatic N) is 1. The Balaban J connectivity index is 2.01. The summed E-state index contributed by atoms with van der Waals surface area (Å²) in [6.45, 7) is 4.39. The van der Waals surface area contributed by atoms with Crippen LogP contribution in [0.1, 0.15) is 50.3 Å². The number of hydrogen-bond acceptors (Lipinski definition) is 3. The van der Waals surface area contributed by atoms with E-state index < -0.39 is 6.04 Å². The second-order valence-corrected chi connectivity index (χ2v) is 6.57. The number of ether oxygens (including phenoxy) is 1. The van der Waals surface area contributed by atoms with Crippen molar-refractivity contribution in [2.24, 2.45) is 0 Å². The molecule has 1 fully saturated rings. The normalized spacial score (nSPS) is 26.8. The fourth-order valence-corrected chi connectivity index (χ4v) is 3.82. The van der Waals surface area contributed by atoms with Crippen molar-refractivity contribution in [3.05, 3.63) is 35.4 Å². The fraction of sp³-hybridized carbons (Fsp3) is 0.529. The number of hydrogen-bond donors (Lipinski definition) is 0. The Hall–Kier alpha value is -1.84. The third kappa shape index (κ3) is 2.13. The molecule has 2 atom stereocenters. The van der Waals surface area contributed by atoms with Crippen LogP contribution >= 0.6 is 0 Å². The zero-order valence-electron chi connectivity index (χ0n) is 12.8. The molecule has 0 saturated carbocycles. The van der Waals surface area contributed by atoms with E-state index >= 15 is 0 Å². The van der Waals surface area contributed by atoms with Gasteiger partial charge in [-0.3, -0.25) is 4.79 Å². The Kier molecular flexibility index (Phi) is 3.27. The van der Waals surface area contributed by atoms with Gasteiger partial charge in [-0.05, 0) is 29.4 Å². The smallest absolute Gasteiger partial charge is 0.328 e. The Morgan fingerprint density at radius 3 is 2.76 bits per heavy atom. The lowest BCUT2D eigenvalue weighted by Gasteiger charge is -2.30. The Morgan fingerprint density at radius 2 is 2.05 bits per heavy atom. The van der Waals surface area contributed by atoms with E-state index in [1.165, 1.54) is 18.2 Å². The number of esters is 1. The molecule has 2 unspecified atom stereocenters. The van der Waals surface area contributed by atoms with Gasteiger partial charge in [-0.25, -0.2) is 4.79 Å². The number of benzene rings is 1. The van der Waals surface area contributed by atoms with Gasteiger partial charge in [0.25, 0.3) is 0 Å². The highest BCUT2D eigenvalue weighted by Crippen LogP contribution is 2.49. The molecule has 2 aliphatic rings. The molecule has 4 heteroatoms. The zero-order valence-corrected chi connectivity index (χ0v) is 12.8. The van der Waals surface area contributed by atoms with Gasteiger partial charge in [0.05, 0.1) is 13.2 Å². The molecule has 1 aliphatic heterocycles. The molecule has 1 aromatic rings. The summed E-state index contributed by atoms with van der Waals surface area (Å²) >= 11 is 0. The molecule has 1 aromatic carbocycles. The molecule has 1 heterocycles. The van der Waals surface area contributed by atoms with E-state index in [1.807, 2.05) is 12.1 Å². The molecule has 21 heavy (non-hydrogen) atoms. The number of fused-ring (bicyclic) bond motifs is 1. The van der Waals surface area contributed by atoms with E-state index in [9.17, 15) is 9.59 Å². The summed E-state index contributed by atoms with van der Waals surface area (Å²) < 4.78 is 4.88. The maximum atomic E-state index is 12.3. The third-order valence-electron chi connectivity index (χ3n) is 4.82. The first-order chi connectivity index (χ1) is 9.95. The van der Waals surface area contributed by atoms with Crippen molar-refractivity contribution in [3.63, 3.8) is 0 Å². The third-order valence-corrected chi connectivity index (χ3v) is 4.82. The Morgan fingerprint density at radius 1 is 1.33 bits per heavy atom. The summed E-state index contributed by atoms with van der Waals surface area (Å²) in [5.74, 6) is -0.244. The van der Waals surface area contributed by atoms with Gasteiger partial charge in [-0.2, -0.15) is 0 Å². The van der Waals surface area contributed by atoms with Gasteiger partial charge in [-0.1, -0.05) is 38.1 Å². The topological polar surface area (TPSA) is 46.6 Å². The predicted molar refractivity (Wildman–Crippen MR) is 78.7 cm³/mol. The van der Waals surface area contributed by atoms with Crippen molar-refractivity contribution < 1.29 is 14.3 Å². The van der Waals surface area contributed by atoms with Crippen molar-refractivity contribution in [1.29, 1.82) is 0 Å². The van der Waals surface area contributed by atoms with E-state index in [2.05, 4.69) is 26.0 Å². The number of likely N-dealkylation sites (tertiary alicyclic amines) is 1. The first kappa shape index (κ1) is 14.1. The van der Waals surface area contributed by atoms with Crippen LogP contribution in [0.4, 0.5) is 0 Å². The SMILES string of the molecule is COC(=O)C1CCC(=O)N1C1CC(C)(C)c2ccccc21. The lowest BCUT2D eigenvalue weighted by atomic mass is 9.86. The van der Waals surface area contributed by atoms with Crippen LogP contribution in [-0.4, -0.2) is 29.9 Å². The van der Waals surface area contributed by atoms with Crippen LogP contribution in [0.3, 0.4) is 0 Å². The molecule has 1 saturated heterocycles. The number of methoxy groups -OCH3 is 1. The van der Waals surface area contributed by atoms with Gasteiger partial charge in [0.2, 0.25) is 5.91 Å². The summed E-state index contributed by atoms with van der Waals surface area (Å²) in [6, 6.07) is 7.79. The van der Waals surface area contributed by atoms with Crippen LogP contribution < -0.4 is 0 Å². The summed E-state index contributed by atoms with van der Waals surface area (Å²) in [5, 5.41) is 0. The number of carbonyl (C=O) groups is 2. The molecule has 0 bridgehead atoms. The number of rotatable bonds is 2. The lowest BCUT2D eigenvalue weighted by molar-refractivity contribution is -0.151. The first-order valence-electron chi connectivity index (χ1n) is 7.44. The van der Waals surface area contributed by atoms with Crippen molar-refractivity contribution >= 4 is 11.9 Å². The van der Waals surface area contributed by atoms with Crippen LogP contribution in [0.5, 0.6) is 0 Å². The van der Waals surface area contributed by atoms with Gasteiger partial charge in [0.15, 0.2) is 0 Å². The summed E-state index contributed by atoms with van der Waals surface area (Å²) in [6.07, 6.45) is 1.84. The Bertz CT molecular complexity index is 593. The highest BCUT2D eigenvalue weighted by atomic mass is 16.5. The summed E-state index contributed by atoms with van der Waals surface area (Å²) in [7, 11) is 1.38. The van der Waals surface area contributed by atoms with Gasteiger partial charge in [0.1, 0.15) is 6.04 Å². The fourth-order valence-electron chi connectivity index (χ4n) is 3.82. The van der Waals surface area contributed by atoms with E-state index in [-0.39, 0.29) is 23.3 Å². The molecule has 0 radical (unpaired) electrons. The molecule has 0 N–H and O–H groups in total. The van der Waals surface area contributed by atoms with Gasteiger partial charge in [-0.15, -0.1) is 0 Å². The first-order valence-corrected chi connectivity index (χ1v) is 7.44. The summed E-state index contributed by atoms with van der Waals surface area (Å²) in [4.78, 5) is 26.1. The highest BCUT2D eigenvalue weighted by Gasteiger charge is 2.47. The summed E-state index contributed by atoms with van der Waals surface area (Å²) in [5.41, 5.74) is 2.47. The monoisotopic (exact) mass is 287 g/mol. The number of carbonyl (C=O) groups excluding carboxylic acids is 2. The van der Waals surface area contributed by atoms with Crippen LogP contribution in [-0.2, 0) is 19.7 Å². The van der Waals surface area contributed by atoms with E-state index in [0.717, 1.165) is 6.42 Å². The van der Waals surface area contributed by atoms with Crippen LogP contribution in [0.15, 0.2) is 24.3 Å². The van der Waals surface area contributed by atoms with Crippen molar-refractivity contribution in [2.75, 3.05) is 7.11 Å². The van der Waals surface area contributed by atoms with E-state index in [1.54, 1.807) is 4.90 Å². The molecule has 0 spiro atoms. The molecule has 1 amide bonds. The largest absolute Gasteiger partial charge is 0.467 e. The average molecular weight is 287 g/mol. The quantitative estimate of drug-likeness (QED) is 0.785. The standard InChI is InChI=1S/C17H21NO3/c1-17(2)10-14(11-6-4-5-7-12(11)17)18-13(16(20)21-3)8-9-15(18)19/h4-7,13-14H,8-10H2,1-3H3. The maximum Gasteiger partial charge on any atom is 0.328 e. The predicted octanol–water partition coefficient (Wildman–Crippen LogP) is 2.57. The van der Waals surface area contributed by atoms with Gasteiger partial charge in [0, 0.05) is 6.42 Å². The van der Waals surface area contributed by atoms with Crippen molar-refractivity contribution in [3.8, 4) is 0 Å². The minimum Gasteiger partial charge on any atom is -0.467 e. The molecule has 0 aromatic heterocycles. The van der Waals surface area contributed by atoms with Crippen molar-refractivity contribution in [2.45, 2.75) is 50.6 Å². The second-order valence-electron chi connectivity index (χ2n) is 6.57. The zero-order chi connectivity index (χ0) is 15.2. The van der Waals surface area contributed by atoms with Gasteiger partial charge >= 0.3 is 5.97 Å². The lowest BCUT2D eigenvalue weighted by Crippen LogP contribution is -2.41. The van der Waals surface area contributed by atoms with Gasteiger partial charge < -0.3 is 9.64 Å². The van der Waals surface area contributed by atoms with Crippen LogP contribution in [0.25, 0.3) is 0 Å². The molecular weight excluding hydrogens is 266 g/mol. The minimum atomic E-state index is -0.436. The van der Waals surface area contributed by atoms with E-state index in [0.29, 0.717) is 12.8 Å². The second kappa shape index (κ2) is 4.86. The van der Waals surface area contributed by atoms with E-state index in [4.69, 9.17) is 4.74 Å². The Labute approximate surface area is 125 Å².